The van der Waals surface area contributed by atoms with Gasteiger partial charge in [0.15, 0.2) is 0 Å². The van der Waals surface area contributed by atoms with Gasteiger partial charge in [0, 0.05) is 18.7 Å². The normalized spacial score (nSPS) is 19.1. The molecule has 2 unspecified atom stereocenters. The van der Waals surface area contributed by atoms with Crippen LogP contribution < -0.4 is 5.32 Å². The van der Waals surface area contributed by atoms with Gasteiger partial charge in [0.25, 0.3) is 0 Å². The standard InChI is InChI=1S/C21H23FN2O2S/c1-2-19(25)24-18(14-27-21(24)16-9-6-10-17(22)13-16)20(26)23-12-11-15-7-4-3-5-8-15/h3-10,13,18,21H,2,11-12,14H2,1H3,(H,23,26). The van der Waals surface area contributed by atoms with Crippen LogP contribution in [0.1, 0.15) is 29.8 Å². The molecular weight excluding hydrogens is 363 g/mol. The van der Waals surface area contributed by atoms with Crippen molar-refractivity contribution in [3.8, 4) is 0 Å². The molecule has 0 aliphatic carbocycles. The molecule has 0 saturated carbocycles. The third-order valence-electron chi connectivity index (χ3n) is 4.58. The van der Waals surface area contributed by atoms with E-state index < -0.39 is 6.04 Å². The van der Waals surface area contributed by atoms with Crippen molar-refractivity contribution < 1.29 is 14.0 Å². The molecule has 1 fully saturated rings. The van der Waals surface area contributed by atoms with E-state index in [9.17, 15) is 14.0 Å². The van der Waals surface area contributed by atoms with Gasteiger partial charge in [-0.25, -0.2) is 4.39 Å². The fourth-order valence-electron chi connectivity index (χ4n) is 3.21. The van der Waals surface area contributed by atoms with E-state index >= 15 is 0 Å². The molecule has 1 aliphatic heterocycles. The zero-order valence-electron chi connectivity index (χ0n) is 15.2. The van der Waals surface area contributed by atoms with Crippen molar-refractivity contribution in [1.29, 1.82) is 0 Å². The minimum absolute atomic E-state index is 0.0996. The summed E-state index contributed by atoms with van der Waals surface area (Å²) in [6, 6.07) is 15.6. The summed E-state index contributed by atoms with van der Waals surface area (Å²) in [6.45, 7) is 2.29. The number of hydrogen-bond acceptors (Lipinski definition) is 3. The van der Waals surface area contributed by atoms with Gasteiger partial charge >= 0.3 is 0 Å². The molecule has 0 radical (unpaired) electrons. The number of thioether (sulfide) groups is 1. The Kier molecular flexibility index (Phi) is 6.50. The Hall–Kier alpha value is -2.34. The topological polar surface area (TPSA) is 49.4 Å². The van der Waals surface area contributed by atoms with E-state index in [1.54, 1.807) is 24.0 Å². The Morgan fingerprint density at radius 2 is 1.96 bits per heavy atom. The first-order valence-corrected chi connectivity index (χ1v) is 10.1. The number of benzene rings is 2. The van der Waals surface area contributed by atoms with Crippen LogP contribution in [0.4, 0.5) is 4.39 Å². The molecule has 1 aliphatic rings. The van der Waals surface area contributed by atoms with Crippen LogP contribution in [0.15, 0.2) is 54.6 Å². The van der Waals surface area contributed by atoms with Gasteiger partial charge in [-0.2, -0.15) is 0 Å². The predicted molar refractivity (Wildman–Crippen MR) is 106 cm³/mol. The van der Waals surface area contributed by atoms with Crippen LogP contribution in [0.25, 0.3) is 0 Å². The maximum absolute atomic E-state index is 13.6. The lowest BCUT2D eigenvalue weighted by Gasteiger charge is -2.28. The first-order valence-electron chi connectivity index (χ1n) is 9.10. The van der Waals surface area contributed by atoms with Gasteiger partial charge in [-0.3, -0.25) is 9.59 Å². The maximum Gasteiger partial charge on any atom is 0.243 e. The second-order valence-electron chi connectivity index (χ2n) is 6.44. The molecule has 0 bridgehead atoms. The van der Waals surface area contributed by atoms with Crippen molar-refractivity contribution in [1.82, 2.24) is 10.2 Å². The van der Waals surface area contributed by atoms with Crippen LogP contribution in [-0.2, 0) is 16.0 Å². The quantitative estimate of drug-likeness (QED) is 0.826. The summed E-state index contributed by atoms with van der Waals surface area (Å²) < 4.78 is 13.6. The van der Waals surface area contributed by atoms with Gasteiger partial charge in [0.1, 0.15) is 17.2 Å². The average Bonchev–Trinajstić information content (AvgIpc) is 3.13. The molecule has 2 atom stereocenters. The van der Waals surface area contributed by atoms with Gasteiger partial charge in [-0.1, -0.05) is 49.4 Å². The highest BCUT2D eigenvalue weighted by atomic mass is 32.2. The molecule has 2 aromatic carbocycles. The second-order valence-corrected chi connectivity index (χ2v) is 7.55. The largest absolute Gasteiger partial charge is 0.354 e. The van der Waals surface area contributed by atoms with Crippen LogP contribution in [0.2, 0.25) is 0 Å². The van der Waals surface area contributed by atoms with E-state index in [1.165, 1.54) is 23.9 Å². The first kappa shape index (κ1) is 19.4. The van der Waals surface area contributed by atoms with Crippen LogP contribution in [0.3, 0.4) is 0 Å². The van der Waals surface area contributed by atoms with Crippen LogP contribution in [-0.4, -0.2) is 35.1 Å². The number of amides is 2. The third-order valence-corrected chi connectivity index (χ3v) is 5.91. The lowest BCUT2D eigenvalue weighted by atomic mass is 10.1. The Bertz CT molecular complexity index is 800. The number of hydrogen-bond donors (Lipinski definition) is 1. The van der Waals surface area contributed by atoms with Gasteiger partial charge in [0.2, 0.25) is 11.8 Å². The van der Waals surface area contributed by atoms with E-state index in [4.69, 9.17) is 0 Å². The summed E-state index contributed by atoms with van der Waals surface area (Å²) in [5.74, 6) is -0.0891. The second kappa shape index (κ2) is 9.04. The van der Waals surface area contributed by atoms with Crippen molar-refractivity contribution in [2.45, 2.75) is 31.2 Å². The summed E-state index contributed by atoms with van der Waals surface area (Å²) in [7, 11) is 0. The predicted octanol–water partition coefficient (Wildman–Crippen LogP) is 3.54. The van der Waals surface area contributed by atoms with E-state index in [2.05, 4.69) is 5.32 Å². The monoisotopic (exact) mass is 386 g/mol. The van der Waals surface area contributed by atoms with Gasteiger partial charge < -0.3 is 10.2 Å². The number of nitrogens with zero attached hydrogens (tertiary/aromatic N) is 1. The van der Waals surface area contributed by atoms with Crippen LogP contribution in [0.5, 0.6) is 0 Å². The number of carbonyl (C=O) groups excluding carboxylic acids is 2. The van der Waals surface area contributed by atoms with Crippen molar-refractivity contribution in [2.75, 3.05) is 12.3 Å². The van der Waals surface area contributed by atoms with Crippen molar-refractivity contribution >= 4 is 23.6 Å². The fourth-order valence-corrected chi connectivity index (χ4v) is 4.65. The molecule has 4 nitrogen and oxygen atoms in total. The average molecular weight is 386 g/mol. The Balaban J connectivity index is 1.68. The molecular formula is C21H23FN2O2S. The Labute approximate surface area is 163 Å². The van der Waals surface area contributed by atoms with Gasteiger partial charge in [-0.15, -0.1) is 11.8 Å². The van der Waals surface area contributed by atoms with Crippen molar-refractivity contribution in [2.24, 2.45) is 0 Å². The molecule has 1 N–H and O–H groups in total. The molecule has 27 heavy (non-hydrogen) atoms. The van der Waals surface area contributed by atoms with E-state index in [-0.39, 0.29) is 23.0 Å². The lowest BCUT2D eigenvalue weighted by Crippen LogP contribution is -2.48. The zero-order chi connectivity index (χ0) is 19.2. The fraction of sp³-hybridized carbons (Fsp3) is 0.333. The first-order chi connectivity index (χ1) is 13.1. The molecule has 1 saturated heterocycles. The number of halogens is 1. The van der Waals surface area contributed by atoms with E-state index in [0.29, 0.717) is 24.3 Å². The molecule has 2 amide bonds. The molecule has 0 spiro atoms. The third kappa shape index (κ3) is 4.69. The van der Waals surface area contributed by atoms with Crippen molar-refractivity contribution in [3.63, 3.8) is 0 Å². The number of carbonyl (C=O) groups is 2. The molecule has 142 valence electrons. The van der Waals surface area contributed by atoms with Crippen LogP contribution in [0, 0.1) is 5.82 Å². The summed E-state index contributed by atoms with van der Waals surface area (Å²) >= 11 is 1.50. The van der Waals surface area contributed by atoms with Gasteiger partial charge in [0.05, 0.1) is 0 Å². The van der Waals surface area contributed by atoms with Crippen LogP contribution >= 0.6 is 11.8 Å². The number of rotatable bonds is 6. The summed E-state index contributed by atoms with van der Waals surface area (Å²) in [6.07, 6.45) is 1.04. The highest BCUT2D eigenvalue weighted by molar-refractivity contribution is 7.99. The molecule has 1 heterocycles. The Morgan fingerprint density at radius 3 is 2.67 bits per heavy atom. The molecule has 3 rings (SSSR count). The SMILES string of the molecule is CCC(=O)N1C(C(=O)NCCc2ccccc2)CSC1c1cccc(F)c1. The minimum Gasteiger partial charge on any atom is -0.354 e. The maximum atomic E-state index is 13.6. The van der Waals surface area contributed by atoms with Crippen molar-refractivity contribution in [3.05, 3.63) is 71.5 Å². The minimum atomic E-state index is -0.536. The van der Waals surface area contributed by atoms with Gasteiger partial charge in [-0.05, 0) is 29.7 Å². The van der Waals surface area contributed by atoms with E-state index in [0.717, 1.165) is 12.0 Å². The lowest BCUT2D eigenvalue weighted by molar-refractivity contribution is -0.139. The summed E-state index contributed by atoms with van der Waals surface area (Å²) in [5.41, 5.74) is 1.86. The summed E-state index contributed by atoms with van der Waals surface area (Å²) in [4.78, 5) is 26.9. The smallest absolute Gasteiger partial charge is 0.243 e. The highest BCUT2D eigenvalue weighted by Gasteiger charge is 2.41. The molecule has 2 aromatic rings. The van der Waals surface area contributed by atoms with E-state index in [1.807, 2.05) is 30.3 Å². The highest BCUT2D eigenvalue weighted by Crippen LogP contribution is 2.41. The number of nitrogens with one attached hydrogen (secondary N) is 1. The molecule has 6 heteroatoms. The Morgan fingerprint density at radius 1 is 1.19 bits per heavy atom. The summed E-state index contributed by atoms with van der Waals surface area (Å²) in [5, 5.41) is 2.61. The molecule has 0 aromatic heterocycles. The zero-order valence-corrected chi connectivity index (χ0v) is 16.0.